The second-order valence-electron chi connectivity index (χ2n) is 6.25. The Labute approximate surface area is 156 Å². The van der Waals surface area contributed by atoms with E-state index in [1.807, 2.05) is 13.8 Å². The monoisotopic (exact) mass is 367 g/mol. The number of hydrogen-bond donors (Lipinski definition) is 1. The zero-order chi connectivity index (χ0) is 19.6. The van der Waals surface area contributed by atoms with Crippen LogP contribution in [-0.4, -0.2) is 15.7 Å². The van der Waals surface area contributed by atoms with Gasteiger partial charge in [0.2, 0.25) is 5.91 Å². The van der Waals surface area contributed by atoms with Gasteiger partial charge < -0.3 is 5.32 Å². The summed E-state index contributed by atoms with van der Waals surface area (Å²) in [6, 6.07) is 10.2. The van der Waals surface area contributed by atoms with E-state index in [9.17, 15) is 13.6 Å². The van der Waals surface area contributed by atoms with Crippen LogP contribution in [0.15, 0.2) is 48.5 Å². The quantitative estimate of drug-likeness (QED) is 0.678. The molecule has 1 aromatic heterocycles. The van der Waals surface area contributed by atoms with Crippen LogP contribution in [0.5, 0.6) is 0 Å². The molecule has 6 heteroatoms. The van der Waals surface area contributed by atoms with Crippen molar-refractivity contribution in [2.45, 2.75) is 20.8 Å². The Hall–Kier alpha value is -3.28. The van der Waals surface area contributed by atoms with Crippen molar-refractivity contribution in [3.63, 3.8) is 0 Å². The Morgan fingerprint density at radius 1 is 1.04 bits per heavy atom. The smallest absolute Gasteiger partial charge is 0.248 e. The Morgan fingerprint density at radius 2 is 1.70 bits per heavy atom. The summed E-state index contributed by atoms with van der Waals surface area (Å²) in [5, 5.41) is 7.20. The number of nitrogens with one attached hydrogen (secondary N) is 1. The molecule has 0 unspecified atom stereocenters. The second kappa shape index (κ2) is 7.53. The first-order chi connectivity index (χ1) is 12.8. The number of halogens is 2. The van der Waals surface area contributed by atoms with Gasteiger partial charge in [-0.2, -0.15) is 5.10 Å². The topological polar surface area (TPSA) is 46.9 Å². The van der Waals surface area contributed by atoms with Crippen LogP contribution in [0.4, 0.5) is 14.5 Å². The third kappa shape index (κ3) is 4.11. The van der Waals surface area contributed by atoms with E-state index in [-0.39, 0.29) is 17.5 Å². The molecule has 1 heterocycles. The molecular formula is C21H19F2N3O. The number of rotatable bonds is 4. The highest BCUT2D eigenvalue weighted by Crippen LogP contribution is 2.20. The molecule has 27 heavy (non-hydrogen) atoms. The van der Waals surface area contributed by atoms with Crippen LogP contribution >= 0.6 is 0 Å². The Kier molecular flexibility index (Phi) is 5.16. The summed E-state index contributed by atoms with van der Waals surface area (Å²) >= 11 is 0. The van der Waals surface area contributed by atoms with E-state index in [2.05, 4.69) is 10.4 Å². The molecule has 3 aromatic rings. The maximum atomic E-state index is 13.2. The number of benzene rings is 2. The van der Waals surface area contributed by atoms with E-state index >= 15 is 0 Å². The first-order valence-electron chi connectivity index (χ1n) is 8.42. The van der Waals surface area contributed by atoms with Gasteiger partial charge in [0, 0.05) is 23.0 Å². The second-order valence-corrected chi connectivity index (χ2v) is 6.25. The number of anilines is 1. The van der Waals surface area contributed by atoms with Crippen molar-refractivity contribution in [1.82, 2.24) is 9.78 Å². The highest BCUT2D eigenvalue weighted by molar-refractivity contribution is 6.02. The predicted octanol–water partition coefficient (Wildman–Crippen LogP) is 4.73. The van der Waals surface area contributed by atoms with E-state index in [4.69, 9.17) is 0 Å². The van der Waals surface area contributed by atoms with Gasteiger partial charge in [0.05, 0.1) is 11.4 Å². The number of hydrogen-bond acceptors (Lipinski definition) is 2. The fourth-order valence-corrected chi connectivity index (χ4v) is 2.83. The van der Waals surface area contributed by atoms with Crippen LogP contribution in [0.25, 0.3) is 11.8 Å². The minimum atomic E-state index is -0.347. The van der Waals surface area contributed by atoms with E-state index in [0.717, 1.165) is 22.6 Å². The predicted molar refractivity (Wildman–Crippen MR) is 102 cm³/mol. The molecule has 0 bridgehead atoms. The van der Waals surface area contributed by atoms with Gasteiger partial charge in [-0.3, -0.25) is 4.79 Å². The van der Waals surface area contributed by atoms with Crippen molar-refractivity contribution in [3.05, 3.63) is 82.7 Å². The summed E-state index contributed by atoms with van der Waals surface area (Å²) < 4.78 is 28.0. The molecule has 138 valence electrons. The molecule has 0 saturated heterocycles. The number of carbonyl (C=O) groups is 1. The van der Waals surface area contributed by atoms with Gasteiger partial charge >= 0.3 is 0 Å². The van der Waals surface area contributed by atoms with Crippen molar-refractivity contribution in [3.8, 4) is 5.69 Å². The SMILES string of the molecule is Cc1cc(F)ccc1NC(=O)/C=C/c1c(C)nn(-c2ccc(F)cc2)c1C. The lowest BCUT2D eigenvalue weighted by Gasteiger charge is -2.06. The number of aryl methyl sites for hydroxylation is 2. The minimum Gasteiger partial charge on any atom is -0.322 e. The van der Waals surface area contributed by atoms with E-state index in [1.165, 1.54) is 36.4 Å². The van der Waals surface area contributed by atoms with Gasteiger partial charge in [-0.05, 0) is 74.9 Å². The first kappa shape index (κ1) is 18.5. The molecule has 4 nitrogen and oxygen atoms in total. The molecule has 0 aliphatic rings. The molecule has 0 aliphatic carbocycles. The molecule has 0 atom stereocenters. The molecule has 0 spiro atoms. The molecule has 0 aliphatic heterocycles. The van der Waals surface area contributed by atoms with Crippen molar-refractivity contribution in [2.24, 2.45) is 0 Å². The van der Waals surface area contributed by atoms with Gasteiger partial charge in [-0.1, -0.05) is 0 Å². The lowest BCUT2D eigenvalue weighted by atomic mass is 10.1. The summed E-state index contributed by atoms with van der Waals surface area (Å²) in [5.74, 6) is -0.980. The Balaban J connectivity index is 1.80. The molecule has 0 saturated carbocycles. The van der Waals surface area contributed by atoms with Crippen LogP contribution in [-0.2, 0) is 4.79 Å². The van der Waals surface area contributed by atoms with E-state index in [0.29, 0.717) is 11.3 Å². The highest BCUT2D eigenvalue weighted by Gasteiger charge is 2.11. The average Bonchev–Trinajstić information content (AvgIpc) is 2.90. The van der Waals surface area contributed by atoms with Crippen LogP contribution in [0, 0.1) is 32.4 Å². The molecule has 2 aromatic carbocycles. The van der Waals surface area contributed by atoms with Gasteiger partial charge in [-0.15, -0.1) is 0 Å². The van der Waals surface area contributed by atoms with Crippen molar-refractivity contribution in [1.29, 1.82) is 0 Å². The Bertz CT molecular complexity index is 1020. The summed E-state index contributed by atoms with van der Waals surface area (Å²) in [5.41, 5.74) is 4.34. The molecule has 0 fully saturated rings. The van der Waals surface area contributed by atoms with Gasteiger partial charge in [0.25, 0.3) is 0 Å². The third-order valence-corrected chi connectivity index (χ3v) is 4.27. The maximum Gasteiger partial charge on any atom is 0.248 e. The van der Waals surface area contributed by atoms with Crippen molar-refractivity contribution in [2.75, 3.05) is 5.32 Å². The fourth-order valence-electron chi connectivity index (χ4n) is 2.83. The van der Waals surface area contributed by atoms with E-state index in [1.54, 1.807) is 29.8 Å². The van der Waals surface area contributed by atoms with Gasteiger partial charge in [-0.25, -0.2) is 13.5 Å². The zero-order valence-electron chi connectivity index (χ0n) is 15.3. The molecular weight excluding hydrogens is 348 g/mol. The lowest BCUT2D eigenvalue weighted by Crippen LogP contribution is -2.09. The first-order valence-corrected chi connectivity index (χ1v) is 8.42. The van der Waals surface area contributed by atoms with Crippen molar-refractivity contribution >= 4 is 17.7 Å². The summed E-state index contributed by atoms with van der Waals surface area (Å²) in [6.07, 6.45) is 3.10. The van der Waals surface area contributed by atoms with Gasteiger partial charge in [0.15, 0.2) is 0 Å². The molecule has 3 rings (SSSR count). The number of carbonyl (C=O) groups excluding carboxylic acids is 1. The molecule has 1 N–H and O–H groups in total. The lowest BCUT2D eigenvalue weighted by molar-refractivity contribution is -0.111. The van der Waals surface area contributed by atoms with Crippen LogP contribution in [0.2, 0.25) is 0 Å². The highest BCUT2D eigenvalue weighted by atomic mass is 19.1. The maximum absolute atomic E-state index is 13.2. The standard InChI is InChI=1S/C21H19F2N3O/c1-13-12-17(23)6-10-20(13)24-21(27)11-9-19-14(2)25-26(15(19)3)18-7-4-16(22)5-8-18/h4-12H,1-3H3,(H,24,27)/b11-9+. The fraction of sp³-hybridized carbons (Fsp3) is 0.143. The summed E-state index contributed by atoms with van der Waals surface area (Å²) in [6.45, 7) is 5.45. The van der Waals surface area contributed by atoms with Crippen LogP contribution < -0.4 is 5.32 Å². The van der Waals surface area contributed by atoms with E-state index < -0.39 is 0 Å². The largest absolute Gasteiger partial charge is 0.322 e. The minimum absolute atomic E-state index is 0.312. The number of nitrogens with zero attached hydrogens (tertiary/aromatic N) is 2. The normalized spacial score (nSPS) is 11.1. The third-order valence-electron chi connectivity index (χ3n) is 4.27. The Morgan fingerprint density at radius 3 is 2.37 bits per heavy atom. The average molecular weight is 367 g/mol. The zero-order valence-corrected chi connectivity index (χ0v) is 15.3. The van der Waals surface area contributed by atoms with Gasteiger partial charge in [0.1, 0.15) is 11.6 Å². The molecule has 0 radical (unpaired) electrons. The summed E-state index contributed by atoms with van der Waals surface area (Å²) in [7, 11) is 0. The molecule has 1 amide bonds. The van der Waals surface area contributed by atoms with Crippen LogP contribution in [0.3, 0.4) is 0 Å². The summed E-state index contributed by atoms with van der Waals surface area (Å²) in [4.78, 5) is 12.2. The van der Waals surface area contributed by atoms with Crippen molar-refractivity contribution < 1.29 is 13.6 Å². The van der Waals surface area contributed by atoms with Crippen LogP contribution in [0.1, 0.15) is 22.5 Å². The number of aromatic nitrogens is 2. The number of amides is 1.